The van der Waals surface area contributed by atoms with Gasteiger partial charge < -0.3 is 9.30 Å². The van der Waals surface area contributed by atoms with Gasteiger partial charge in [-0.1, -0.05) is 59.3 Å². The molecular weight excluding hydrogens is 412 g/mol. The summed E-state index contributed by atoms with van der Waals surface area (Å²) in [5, 5.41) is 12.6. The Labute approximate surface area is 185 Å². The van der Waals surface area contributed by atoms with E-state index in [2.05, 4.69) is 72.7 Å². The summed E-state index contributed by atoms with van der Waals surface area (Å²) < 4.78 is 7.94. The van der Waals surface area contributed by atoms with E-state index < -0.39 is 0 Å². The van der Waals surface area contributed by atoms with Gasteiger partial charge in [-0.05, 0) is 32.4 Å². The van der Waals surface area contributed by atoms with Crippen molar-refractivity contribution in [2.24, 2.45) is 7.05 Å². The van der Waals surface area contributed by atoms with Gasteiger partial charge in [-0.3, -0.25) is 0 Å². The average molecular weight is 437 g/mol. The zero-order valence-electron chi connectivity index (χ0n) is 17.5. The van der Waals surface area contributed by atoms with Crippen molar-refractivity contribution in [1.29, 1.82) is 0 Å². The molecule has 30 heavy (non-hydrogen) atoms. The smallest absolute Gasteiger partial charge is 0.191 e. The lowest BCUT2D eigenvalue weighted by atomic mass is 10.1. The first-order valence-corrected chi connectivity index (χ1v) is 11.6. The summed E-state index contributed by atoms with van der Waals surface area (Å²) in [5.41, 5.74) is 5.82. The number of thioether (sulfide) groups is 1. The third-order valence-electron chi connectivity index (χ3n) is 4.81. The number of hydrogen-bond acceptors (Lipinski definition) is 6. The van der Waals surface area contributed by atoms with Crippen LogP contribution in [0.15, 0.2) is 53.0 Å². The zero-order valence-corrected chi connectivity index (χ0v) is 19.2. The zero-order chi connectivity index (χ0) is 21.1. The van der Waals surface area contributed by atoms with Gasteiger partial charge in [-0.25, -0.2) is 4.98 Å². The molecule has 0 saturated heterocycles. The minimum Gasteiger partial charge on any atom is -0.485 e. The van der Waals surface area contributed by atoms with E-state index in [9.17, 15) is 0 Å². The lowest BCUT2D eigenvalue weighted by Crippen LogP contribution is -2.05. The SMILES string of the molecule is Cc1ccc(-c2nc(CSc3nnc(COc4ccc(C)cc4C)n3C)cs2)cc1. The Balaban J connectivity index is 1.37. The third-order valence-corrected chi connectivity index (χ3v) is 6.81. The molecule has 0 aliphatic rings. The van der Waals surface area contributed by atoms with Crippen molar-refractivity contribution in [1.82, 2.24) is 19.7 Å². The van der Waals surface area contributed by atoms with E-state index in [4.69, 9.17) is 9.72 Å². The highest BCUT2D eigenvalue weighted by molar-refractivity contribution is 7.98. The Hall–Kier alpha value is -2.64. The summed E-state index contributed by atoms with van der Waals surface area (Å²) in [6, 6.07) is 14.7. The van der Waals surface area contributed by atoms with Crippen molar-refractivity contribution in [2.75, 3.05) is 0 Å². The van der Waals surface area contributed by atoms with Crippen LogP contribution in [0.25, 0.3) is 10.6 Å². The molecule has 0 aliphatic carbocycles. The summed E-state index contributed by atoms with van der Waals surface area (Å²) in [6.45, 7) is 6.62. The van der Waals surface area contributed by atoms with Gasteiger partial charge in [-0.15, -0.1) is 21.5 Å². The van der Waals surface area contributed by atoms with E-state index in [0.717, 1.165) is 44.3 Å². The predicted molar refractivity (Wildman–Crippen MR) is 123 cm³/mol. The molecule has 0 saturated carbocycles. The van der Waals surface area contributed by atoms with Crippen LogP contribution in [0.1, 0.15) is 28.2 Å². The van der Waals surface area contributed by atoms with Crippen LogP contribution in [0.3, 0.4) is 0 Å². The monoisotopic (exact) mass is 436 g/mol. The number of rotatable bonds is 7. The van der Waals surface area contributed by atoms with Crippen molar-refractivity contribution in [3.05, 3.63) is 76.1 Å². The largest absolute Gasteiger partial charge is 0.485 e. The van der Waals surface area contributed by atoms with Crippen LogP contribution in [0, 0.1) is 20.8 Å². The Morgan fingerprint density at radius 1 is 1.00 bits per heavy atom. The van der Waals surface area contributed by atoms with Crippen LogP contribution in [0.2, 0.25) is 0 Å². The molecule has 4 rings (SSSR count). The Morgan fingerprint density at radius 2 is 1.77 bits per heavy atom. The van der Waals surface area contributed by atoms with Crippen LogP contribution < -0.4 is 4.74 Å². The number of ether oxygens (including phenoxy) is 1. The first-order chi connectivity index (χ1) is 14.5. The van der Waals surface area contributed by atoms with Gasteiger partial charge in [0, 0.05) is 23.7 Å². The topological polar surface area (TPSA) is 52.8 Å². The number of aryl methyl sites for hydroxylation is 3. The molecule has 2 aromatic heterocycles. The van der Waals surface area contributed by atoms with E-state index >= 15 is 0 Å². The summed E-state index contributed by atoms with van der Waals surface area (Å²) >= 11 is 3.31. The van der Waals surface area contributed by atoms with Crippen molar-refractivity contribution in [3.63, 3.8) is 0 Å². The van der Waals surface area contributed by atoms with Crippen molar-refractivity contribution in [3.8, 4) is 16.3 Å². The summed E-state index contributed by atoms with van der Waals surface area (Å²) in [5.74, 6) is 2.44. The fourth-order valence-corrected chi connectivity index (χ4v) is 4.79. The molecule has 0 radical (unpaired) electrons. The molecule has 0 N–H and O–H groups in total. The van der Waals surface area contributed by atoms with Crippen LogP contribution in [-0.2, 0) is 19.4 Å². The second kappa shape index (κ2) is 9.02. The number of aromatic nitrogens is 4. The molecule has 0 fully saturated rings. The molecule has 4 aromatic rings. The Bertz CT molecular complexity index is 1150. The molecular formula is C23H24N4OS2. The predicted octanol–water partition coefficient (Wildman–Crippen LogP) is 5.74. The normalized spacial score (nSPS) is 11.1. The first kappa shape index (κ1) is 20.6. The fourth-order valence-electron chi connectivity index (χ4n) is 3.04. The Kier molecular flexibility index (Phi) is 6.20. The number of nitrogens with zero attached hydrogens (tertiary/aromatic N) is 4. The van der Waals surface area contributed by atoms with Crippen LogP contribution in [0.5, 0.6) is 5.75 Å². The molecule has 7 heteroatoms. The van der Waals surface area contributed by atoms with E-state index in [0.29, 0.717) is 6.61 Å². The van der Waals surface area contributed by atoms with Crippen LogP contribution in [0.4, 0.5) is 0 Å². The number of benzene rings is 2. The summed E-state index contributed by atoms with van der Waals surface area (Å²) in [4.78, 5) is 4.77. The Morgan fingerprint density at radius 3 is 2.53 bits per heavy atom. The highest BCUT2D eigenvalue weighted by atomic mass is 32.2. The van der Waals surface area contributed by atoms with Crippen molar-refractivity contribution < 1.29 is 4.74 Å². The lowest BCUT2D eigenvalue weighted by Gasteiger charge is -2.09. The molecule has 2 aromatic carbocycles. The van der Waals surface area contributed by atoms with E-state index in [1.165, 1.54) is 11.1 Å². The van der Waals surface area contributed by atoms with E-state index in [1.807, 2.05) is 17.7 Å². The molecule has 0 amide bonds. The average Bonchev–Trinajstić information content (AvgIpc) is 3.33. The van der Waals surface area contributed by atoms with Gasteiger partial charge in [-0.2, -0.15) is 0 Å². The number of hydrogen-bond donors (Lipinski definition) is 0. The maximum atomic E-state index is 5.95. The minimum absolute atomic E-state index is 0.391. The molecule has 0 aliphatic heterocycles. The minimum atomic E-state index is 0.391. The first-order valence-electron chi connectivity index (χ1n) is 9.72. The van der Waals surface area contributed by atoms with Gasteiger partial charge in [0.1, 0.15) is 17.4 Å². The van der Waals surface area contributed by atoms with E-state index in [1.54, 1.807) is 23.1 Å². The quantitative estimate of drug-likeness (QED) is 0.346. The van der Waals surface area contributed by atoms with Gasteiger partial charge in [0.25, 0.3) is 0 Å². The highest BCUT2D eigenvalue weighted by Gasteiger charge is 2.12. The maximum Gasteiger partial charge on any atom is 0.191 e. The molecule has 0 bridgehead atoms. The summed E-state index contributed by atoms with van der Waals surface area (Å²) in [7, 11) is 1.97. The fraction of sp³-hybridized carbons (Fsp3) is 0.261. The summed E-state index contributed by atoms with van der Waals surface area (Å²) in [6.07, 6.45) is 0. The third kappa shape index (κ3) is 4.74. The molecule has 5 nitrogen and oxygen atoms in total. The second-order valence-corrected chi connectivity index (χ2v) is 9.11. The molecule has 0 unspecified atom stereocenters. The lowest BCUT2D eigenvalue weighted by molar-refractivity contribution is 0.288. The standard InChI is InChI=1S/C23H24N4OS2/c1-15-5-8-18(9-6-15)22-24-19(13-29-22)14-30-23-26-25-21(27(23)4)12-28-20-10-7-16(2)11-17(20)3/h5-11,13H,12,14H2,1-4H3. The van der Waals surface area contributed by atoms with Gasteiger partial charge in [0.05, 0.1) is 5.69 Å². The van der Waals surface area contributed by atoms with Gasteiger partial charge in [0.15, 0.2) is 11.0 Å². The molecule has 2 heterocycles. The highest BCUT2D eigenvalue weighted by Crippen LogP contribution is 2.28. The molecule has 0 spiro atoms. The van der Waals surface area contributed by atoms with Crippen molar-refractivity contribution in [2.45, 2.75) is 38.3 Å². The van der Waals surface area contributed by atoms with E-state index in [-0.39, 0.29) is 0 Å². The van der Waals surface area contributed by atoms with Gasteiger partial charge >= 0.3 is 0 Å². The second-order valence-electron chi connectivity index (χ2n) is 7.31. The number of thiazole rings is 1. The molecule has 154 valence electrons. The molecule has 0 atom stereocenters. The van der Waals surface area contributed by atoms with Crippen LogP contribution >= 0.6 is 23.1 Å². The van der Waals surface area contributed by atoms with Gasteiger partial charge in [0.2, 0.25) is 0 Å². The van der Waals surface area contributed by atoms with Crippen molar-refractivity contribution >= 4 is 23.1 Å². The maximum absolute atomic E-state index is 5.95. The van der Waals surface area contributed by atoms with Crippen LogP contribution in [-0.4, -0.2) is 19.7 Å².